The van der Waals surface area contributed by atoms with Crippen molar-refractivity contribution < 1.29 is 8.78 Å². The fourth-order valence-corrected chi connectivity index (χ4v) is 1.90. The highest BCUT2D eigenvalue weighted by molar-refractivity contribution is 14.1. The van der Waals surface area contributed by atoms with Crippen molar-refractivity contribution in [3.63, 3.8) is 0 Å². The van der Waals surface area contributed by atoms with Crippen LogP contribution in [-0.4, -0.2) is 4.98 Å². The van der Waals surface area contributed by atoms with Gasteiger partial charge in [-0.15, -0.1) is 0 Å². The largest absolute Gasteiger partial charge is 0.280 e. The van der Waals surface area contributed by atoms with Crippen molar-refractivity contribution in [3.05, 3.63) is 26.6 Å². The van der Waals surface area contributed by atoms with Gasteiger partial charge in [0, 0.05) is 0 Å². The van der Waals surface area contributed by atoms with Crippen molar-refractivity contribution in [2.45, 2.75) is 19.8 Å². The van der Waals surface area contributed by atoms with E-state index in [1.165, 1.54) is 0 Å². The summed E-state index contributed by atoms with van der Waals surface area (Å²) < 4.78 is 25.6. The Morgan fingerprint density at radius 2 is 2.29 bits per heavy atom. The van der Waals surface area contributed by atoms with E-state index in [0.717, 1.165) is 0 Å². The van der Waals surface area contributed by atoms with Gasteiger partial charge in [0.15, 0.2) is 0 Å². The molecule has 0 saturated heterocycles. The molecule has 0 unspecified atom stereocenters. The lowest BCUT2D eigenvalue weighted by Crippen LogP contribution is -2.02. The van der Waals surface area contributed by atoms with Gasteiger partial charge >= 0.3 is 0 Å². The molecule has 0 aromatic carbocycles. The first-order valence-electron chi connectivity index (χ1n) is 3.87. The summed E-state index contributed by atoms with van der Waals surface area (Å²) in [6, 6.07) is 3.56. The number of nitrogens with zero attached hydrogens (tertiary/aromatic N) is 2. The van der Waals surface area contributed by atoms with Gasteiger partial charge in [-0.2, -0.15) is 5.26 Å². The van der Waals surface area contributed by atoms with Crippen LogP contribution >= 0.6 is 22.6 Å². The summed E-state index contributed by atoms with van der Waals surface area (Å²) in [7, 11) is 0. The highest BCUT2D eigenvalue weighted by Crippen LogP contribution is 2.25. The lowest BCUT2D eigenvalue weighted by molar-refractivity contribution is 0.144. The number of halogens is 3. The summed E-state index contributed by atoms with van der Waals surface area (Å²) in [6.45, 7) is 1.71. The first-order valence-corrected chi connectivity index (χ1v) is 4.95. The van der Waals surface area contributed by atoms with E-state index < -0.39 is 6.43 Å². The van der Waals surface area contributed by atoms with Crippen LogP contribution in [0.3, 0.4) is 0 Å². The lowest BCUT2D eigenvalue weighted by Gasteiger charge is -2.08. The van der Waals surface area contributed by atoms with Gasteiger partial charge < -0.3 is 0 Å². The Hall–Kier alpha value is -0.770. The van der Waals surface area contributed by atoms with E-state index in [-0.39, 0.29) is 12.1 Å². The van der Waals surface area contributed by atoms with Crippen LogP contribution < -0.4 is 0 Å². The third-order valence-electron chi connectivity index (χ3n) is 1.81. The first-order chi connectivity index (χ1) is 6.56. The zero-order valence-corrected chi connectivity index (χ0v) is 9.55. The maximum absolute atomic E-state index is 12.5. The number of aromatic nitrogens is 1. The maximum atomic E-state index is 12.5. The molecule has 0 radical (unpaired) electrons. The average molecular weight is 308 g/mol. The van der Waals surface area contributed by atoms with Crippen molar-refractivity contribution in [2.75, 3.05) is 0 Å². The Morgan fingerprint density at radius 3 is 2.79 bits per heavy atom. The summed E-state index contributed by atoms with van der Waals surface area (Å²) in [6.07, 6.45) is -2.64. The molecule has 0 spiro atoms. The summed E-state index contributed by atoms with van der Waals surface area (Å²) in [4.78, 5) is 3.74. The number of rotatable bonds is 2. The predicted molar refractivity (Wildman–Crippen MR) is 56.0 cm³/mol. The third-order valence-corrected chi connectivity index (χ3v) is 2.36. The maximum Gasteiger partial charge on any atom is 0.280 e. The van der Waals surface area contributed by atoms with Gasteiger partial charge in [-0.05, 0) is 46.7 Å². The number of aryl methyl sites for hydroxylation is 1. The Balaban J connectivity index is 3.30. The molecule has 1 rings (SSSR count). The highest BCUT2D eigenvalue weighted by atomic mass is 127. The molecule has 0 aliphatic carbocycles. The molecular formula is C9H7F2IN2. The lowest BCUT2D eigenvalue weighted by atomic mass is 10.1. The summed E-state index contributed by atoms with van der Waals surface area (Å²) in [5, 5.41) is 8.50. The standard InChI is InChI=1S/C9H7F2IN2/c1-5-4-7(12)14-8(9(10)11)6(5)2-3-13/h4,9H,2H2,1H3. The molecule has 1 aromatic rings. The SMILES string of the molecule is Cc1cc(I)nc(C(F)F)c1CC#N. The molecule has 0 amide bonds. The zero-order valence-electron chi connectivity index (χ0n) is 7.39. The molecule has 14 heavy (non-hydrogen) atoms. The Labute approximate surface area is 94.1 Å². The Morgan fingerprint density at radius 1 is 1.64 bits per heavy atom. The fourth-order valence-electron chi connectivity index (χ4n) is 1.17. The van der Waals surface area contributed by atoms with Gasteiger partial charge in [0.2, 0.25) is 0 Å². The monoisotopic (exact) mass is 308 g/mol. The molecule has 0 fully saturated rings. The molecule has 0 saturated carbocycles. The summed E-state index contributed by atoms with van der Waals surface area (Å²) in [5.41, 5.74) is 0.778. The molecule has 0 atom stereocenters. The number of hydrogen-bond acceptors (Lipinski definition) is 2. The minimum Gasteiger partial charge on any atom is -0.241 e. The summed E-state index contributed by atoms with van der Waals surface area (Å²) in [5.74, 6) is 0. The van der Waals surface area contributed by atoms with E-state index in [1.807, 2.05) is 28.7 Å². The second kappa shape index (κ2) is 4.64. The highest BCUT2D eigenvalue weighted by Gasteiger charge is 2.17. The third kappa shape index (κ3) is 2.38. The predicted octanol–water partition coefficient (Wildman–Crippen LogP) is 3.00. The van der Waals surface area contributed by atoms with Crippen LogP contribution in [0.25, 0.3) is 0 Å². The van der Waals surface area contributed by atoms with Crippen molar-refractivity contribution in [1.29, 1.82) is 5.26 Å². The van der Waals surface area contributed by atoms with Crippen molar-refractivity contribution in [1.82, 2.24) is 4.98 Å². The van der Waals surface area contributed by atoms with E-state index in [0.29, 0.717) is 14.8 Å². The molecule has 0 bridgehead atoms. The first kappa shape index (κ1) is 11.3. The molecule has 1 heterocycles. The number of alkyl halides is 2. The molecule has 74 valence electrons. The normalized spacial score (nSPS) is 10.3. The molecule has 2 nitrogen and oxygen atoms in total. The molecule has 0 aliphatic rings. The van der Waals surface area contributed by atoms with E-state index in [2.05, 4.69) is 4.98 Å². The second-order valence-corrected chi connectivity index (χ2v) is 3.87. The smallest absolute Gasteiger partial charge is 0.241 e. The Kier molecular flexibility index (Phi) is 3.75. The van der Waals surface area contributed by atoms with Crippen LogP contribution in [0.1, 0.15) is 23.2 Å². The fraction of sp³-hybridized carbons (Fsp3) is 0.333. The quantitative estimate of drug-likeness (QED) is 0.622. The van der Waals surface area contributed by atoms with Crippen LogP contribution in [0, 0.1) is 22.0 Å². The minimum atomic E-state index is -2.62. The van der Waals surface area contributed by atoms with Crippen LogP contribution in [0.5, 0.6) is 0 Å². The van der Waals surface area contributed by atoms with Crippen molar-refractivity contribution in [2.24, 2.45) is 0 Å². The van der Waals surface area contributed by atoms with E-state index in [9.17, 15) is 8.78 Å². The van der Waals surface area contributed by atoms with Gasteiger partial charge in [0.25, 0.3) is 6.43 Å². The number of nitriles is 1. The molecule has 0 N–H and O–H groups in total. The van der Waals surface area contributed by atoms with Crippen LogP contribution in [0.15, 0.2) is 6.07 Å². The van der Waals surface area contributed by atoms with Crippen LogP contribution in [-0.2, 0) is 6.42 Å². The minimum absolute atomic E-state index is 0.0184. The molecular weight excluding hydrogens is 301 g/mol. The van der Waals surface area contributed by atoms with E-state index in [1.54, 1.807) is 13.0 Å². The zero-order chi connectivity index (χ0) is 10.7. The number of pyridine rings is 1. The summed E-state index contributed by atoms with van der Waals surface area (Å²) >= 11 is 1.88. The van der Waals surface area contributed by atoms with Crippen LogP contribution in [0.2, 0.25) is 0 Å². The van der Waals surface area contributed by atoms with E-state index in [4.69, 9.17) is 5.26 Å². The second-order valence-electron chi connectivity index (χ2n) is 2.76. The molecule has 0 aliphatic heterocycles. The van der Waals surface area contributed by atoms with Gasteiger partial charge in [-0.25, -0.2) is 13.8 Å². The van der Waals surface area contributed by atoms with E-state index >= 15 is 0 Å². The van der Waals surface area contributed by atoms with Gasteiger partial charge in [-0.1, -0.05) is 0 Å². The van der Waals surface area contributed by atoms with Gasteiger partial charge in [-0.3, -0.25) is 0 Å². The van der Waals surface area contributed by atoms with Crippen LogP contribution in [0.4, 0.5) is 8.78 Å². The molecule has 1 aromatic heterocycles. The average Bonchev–Trinajstić information content (AvgIpc) is 2.09. The van der Waals surface area contributed by atoms with Crippen molar-refractivity contribution >= 4 is 22.6 Å². The topological polar surface area (TPSA) is 36.7 Å². The molecule has 5 heteroatoms. The van der Waals surface area contributed by atoms with Crippen molar-refractivity contribution in [3.8, 4) is 6.07 Å². The van der Waals surface area contributed by atoms with Gasteiger partial charge in [0.05, 0.1) is 12.5 Å². The Bertz CT molecular complexity index is 385. The number of hydrogen-bond donors (Lipinski definition) is 0. The van der Waals surface area contributed by atoms with Gasteiger partial charge in [0.1, 0.15) is 9.39 Å².